The number of furan rings is 1. The molecule has 31 heavy (non-hydrogen) atoms. The molecule has 2 amide bonds. The number of benzene rings is 3. The second-order valence-electron chi connectivity index (χ2n) is 6.86. The van der Waals surface area contributed by atoms with E-state index in [2.05, 4.69) is 11.2 Å². The van der Waals surface area contributed by atoms with Gasteiger partial charge in [0.15, 0.2) is 0 Å². The van der Waals surface area contributed by atoms with Crippen molar-refractivity contribution in [3.8, 4) is 34.8 Å². The van der Waals surface area contributed by atoms with E-state index in [0.29, 0.717) is 22.1 Å². The smallest absolute Gasteiger partial charge is 0.253 e. The van der Waals surface area contributed by atoms with Crippen molar-refractivity contribution in [3.63, 3.8) is 0 Å². The van der Waals surface area contributed by atoms with E-state index >= 15 is 0 Å². The molecule has 152 valence electrons. The van der Waals surface area contributed by atoms with Gasteiger partial charge >= 0.3 is 0 Å². The molecule has 0 spiro atoms. The first-order valence-corrected chi connectivity index (χ1v) is 9.42. The first kappa shape index (κ1) is 19.9. The quantitative estimate of drug-likeness (QED) is 0.478. The molecule has 0 saturated heterocycles. The summed E-state index contributed by atoms with van der Waals surface area (Å²) in [5.41, 5.74) is 8.88. The molecule has 0 aliphatic heterocycles. The lowest BCUT2D eigenvalue weighted by Gasteiger charge is -2.06. The molecular formula is C25H17FN2O3. The van der Waals surface area contributed by atoms with Gasteiger partial charge in [0, 0.05) is 16.5 Å². The molecule has 4 aromatic rings. The second kappa shape index (κ2) is 8.17. The highest BCUT2D eigenvalue weighted by molar-refractivity contribution is 6.11. The number of nitrogens with two attached hydrogens (primary N) is 1. The Labute approximate surface area is 177 Å². The summed E-state index contributed by atoms with van der Waals surface area (Å²) in [6, 6.07) is 18.0. The lowest BCUT2D eigenvalue weighted by Crippen LogP contribution is -2.23. The zero-order valence-corrected chi connectivity index (χ0v) is 16.3. The highest BCUT2D eigenvalue weighted by Gasteiger charge is 2.21. The number of hydrogen-bond donors (Lipinski definition) is 2. The van der Waals surface area contributed by atoms with Gasteiger partial charge in [-0.05, 0) is 59.7 Å². The van der Waals surface area contributed by atoms with Crippen LogP contribution in [-0.2, 0) is 0 Å². The van der Waals surface area contributed by atoms with Gasteiger partial charge in [0.2, 0.25) is 0 Å². The summed E-state index contributed by atoms with van der Waals surface area (Å²) in [5.74, 6) is 1.32. The largest absolute Gasteiger partial charge is 0.455 e. The third-order valence-corrected chi connectivity index (χ3v) is 4.85. The fourth-order valence-corrected chi connectivity index (χ4v) is 3.40. The molecule has 4 rings (SSSR count). The van der Waals surface area contributed by atoms with Gasteiger partial charge in [0.1, 0.15) is 17.2 Å². The minimum Gasteiger partial charge on any atom is -0.455 e. The molecule has 0 unspecified atom stereocenters. The predicted molar refractivity (Wildman–Crippen MR) is 117 cm³/mol. The van der Waals surface area contributed by atoms with E-state index in [1.165, 1.54) is 24.3 Å². The molecule has 0 aliphatic rings. The molecule has 3 aromatic carbocycles. The summed E-state index contributed by atoms with van der Waals surface area (Å²) in [6.45, 7) is 0.137. The van der Waals surface area contributed by atoms with E-state index < -0.39 is 11.7 Å². The number of carbonyl (C=O) groups is 2. The number of hydrogen-bond acceptors (Lipinski definition) is 3. The van der Waals surface area contributed by atoms with Crippen LogP contribution in [0.4, 0.5) is 4.39 Å². The third kappa shape index (κ3) is 3.89. The van der Waals surface area contributed by atoms with Gasteiger partial charge in [-0.1, -0.05) is 24.1 Å². The maximum Gasteiger partial charge on any atom is 0.253 e. The molecule has 0 fully saturated rings. The van der Waals surface area contributed by atoms with Gasteiger partial charge in [0.25, 0.3) is 11.8 Å². The zero-order chi connectivity index (χ0) is 22.0. The normalized spacial score (nSPS) is 10.6. The summed E-state index contributed by atoms with van der Waals surface area (Å²) in [7, 11) is 0. The van der Waals surface area contributed by atoms with Crippen LogP contribution in [0.15, 0.2) is 71.1 Å². The highest BCUT2D eigenvalue weighted by atomic mass is 19.1. The Bertz CT molecular complexity index is 1350. The van der Waals surface area contributed by atoms with Crippen LogP contribution in [0, 0.1) is 18.2 Å². The van der Waals surface area contributed by atoms with E-state index in [0.717, 1.165) is 11.1 Å². The Morgan fingerprint density at radius 3 is 2.42 bits per heavy atom. The van der Waals surface area contributed by atoms with Gasteiger partial charge in [-0.3, -0.25) is 9.59 Å². The van der Waals surface area contributed by atoms with Crippen LogP contribution >= 0.6 is 0 Å². The Morgan fingerprint density at radius 2 is 1.71 bits per heavy atom. The highest BCUT2D eigenvalue weighted by Crippen LogP contribution is 2.36. The van der Waals surface area contributed by atoms with Crippen molar-refractivity contribution in [2.75, 3.05) is 6.54 Å². The Morgan fingerprint density at radius 1 is 1.00 bits per heavy atom. The number of amides is 2. The average molecular weight is 412 g/mol. The van der Waals surface area contributed by atoms with Crippen molar-refractivity contribution in [2.24, 2.45) is 5.73 Å². The van der Waals surface area contributed by atoms with Crippen molar-refractivity contribution >= 4 is 22.8 Å². The Balaban J connectivity index is 1.81. The van der Waals surface area contributed by atoms with Gasteiger partial charge in [-0.15, -0.1) is 6.42 Å². The van der Waals surface area contributed by atoms with E-state index in [4.69, 9.17) is 16.6 Å². The molecule has 0 aliphatic carbocycles. The molecule has 0 saturated carbocycles. The Kier molecular flexibility index (Phi) is 5.25. The lowest BCUT2D eigenvalue weighted by atomic mass is 9.99. The molecule has 6 heteroatoms. The van der Waals surface area contributed by atoms with Gasteiger partial charge in [-0.25, -0.2) is 4.39 Å². The molecule has 0 bridgehead atoms. The predicted octanol–water partition coefficient (Wildman–Crippen LogP) is 4.37. The van der Waals surface area contributed by atoms with Crippen LogP contribution in [0.3, 0.4) is 0 Å². The van der Waals surface area contributed by atoms with Gasteiger partial charge in [0.05, 0.1) is 12.1 Å². The minimum absolute atomic E-state index is 0.137. The monoisotopic (exact) mass is 412 g/mol. The zero-order valence-electron chi connectivity index (χ0n) is 16.3. The summed E-state index contributed by atoms with van der Waals surface area (Å²) in [6.07, 6.45) is 5.19. The van der Waals surface area contributed by atoms with Crippen molar-refractivity contribution in [1.82, 2.24) is 5.32 Å². The maximum atomic E-state index is 13.3. The fraction of sp³-hybridized carbons (Fsp3) is 0.0400. The third-order valence-electron chi connectivity index (χ3n) is 4.85. The summed E-state index contributed by atoms with van der Waals surface area (Å²) < 4.78 is 19.2. The average Bonchev–Trinajstić information content (AvgIpc) is 3.17. The second-order valence-corrected chi connectivity index (χ2v) is 6.86. The fourth-order valence-electron chi connectivity index (χ4n) is 3.40. The van der Waals surface area contributed by atoms with Crippen molar-refractivity contribution in [1.29, 1.82) is 0 Å². The van der Waals surface area contributed by atoms with Gasteiger partial charge < -0.3 is 15.5 Å². The van der Waals surface area contributed by atoms with Crippen LogP contribution in [0.5, 0.6) is 0 Å². The number of halogens is 1. The standard InChI is InChI=1S/C25H17FN2O3/c1-2-12-28-25(30)18-5-3-4-16(13-18)17-8-11-21-20(14-17)22(24(27)29)23(31-21)15-6-9-19(26)10-7-15/h1,3-11,13-14H,12H2,(H2,27,29)(H,28,30). The van der Waals surface area contributed by atoms with E-state index in [1.54, 1.807) is 30.3 Å². The SMILES string of the molecule is C#CCNC(=O)c1cccc(-c2ccc3oc(-c4ccc(F)cc4)c(C(N)=O)c3c2)c1. The van der Waals surface area contributed by atoms with Crippen molar-refractivity contribution in [3.05, 3.63) is 83.7 Å². The topological polar surface area (TPSA) is 85.3 Å². The summed E-state index contributed by atoms with van der Waals surface area (Å²) in [4.78, 5) is 24.5. The number of carbonyl (C=O) groups excluding carboxylic acids is 2. The number of rotatable bonds is 5. The van der Waals surface area contributed by atoms with Crippen molar-refractivity contribution < 1.29 is 18.4 Å². The van der Waals surface area contributed by atoms with Crippen LogP contribution in [-0.4, -0.2) is 18.4 Å². The molecule has 1 heterocycles. The number of nitrogens with one attached hydrogen (secondary N) is 1. The number of primary amides is 1. The van der Waals surface area contributed by atoms with Crippen LogP contribution in [0.2, 0.25) is 0 Å². The molecule has 1 aromatic heterocycles. The van der Waals surface area contributed by atoms with E-state index in [9.17, 15) is 14.0 Å². The van der Waals surface area contributed by atoms with Gasteiger partial charge in [-0.2, -0.15) is 0 Å². The van der Waals surface area contributed by atoms with Crippen LogP contribution in [0.25, 0.3) is 33.4 Å². The molecule has 0 radical (unpaired) electrons. The van der Waals surface area contributed by atoms with E-state index in [1.807, 2.05) is 12.1 Å². The summed E-state index contributed by atoms with van der Waals surface area (Å²) in [5, 5.41) is 3.16. The van der Waals surface area contributed by atoms with Crippen LogP contribution in [0.1, 0.15) is 20.7 Å². The molecular weight excluding hydrogens is 395 g/mol. The molecule has 5 nitrogen and oxygen atoms in total. The Hall–Kier alpha value is -4.37. The van der Waals surface area contributed by atoms with Crippen LogP contribution < -0.4 is 11.1 Å². The summed E-state index contributed by atoms with van der Waals surface area (Å²) >= 11 is 0. The molecule has 3 N–H and O–H groups in total. The van der Waals surface area contributed by atoms with Crippen molar-refractivity contribution in [2.45, 2.75) is 0 Å². The number of terminal acetylenes is 1. The lowest BCUT2D eigenvalue weighted by molar-refractivity contribution is 0.0957. The first-order chi connectivity index (χ1) is 15.0. The minimum atomic E-state index is -0.655. The molecule has 0 atom stereocenters. The maximum absolute atomic E-state index is 13.3. The first-order valence-electron chi connectivity index (χ1n) is 9.42. The number of fused-ring (bicyclic) bond motifs is 1. The van der Waals surface area contributed by atoms with E-state index in [-0.39, 0.29) is 23.8 Å².